The molecule has 1 atom stereocenters. The Morgan fingerprint density at radius 3 is 2.67 bits per heavy atom. The molecule has 0 saturated heterocycles. The Balaban J connectivity index is 2.95. The highest BCUT2D eigenvalue weighted by molar-refractivity contribution is 6.32. The van der Waals surface area contributed by atoms with Crippen LogP contribution in [0, 0.1) is 5.92 Å². The van der Waals surface area contributed by atoms with E-state index in [4.69, 9.17) is 4.84 Å². The third kappa shape index (κ3) is 2.37. The van der Waals surface area contributed by atoms with Crippen LogP contribution < -0.4 is 5.48 Å². The van der Waals surface area contributed by atoms with Gasteiger partial charge in [-0.3, -0.25) is 4.79 Å². The van der Waals surface area contributed by atoms with E-state index in [1.807, 2.05) is 19.3 Å². The minimum Gasteiger partial charge on any atom is -0.396 e. The minimum absolute atomic E-state index is 0.321. The standard InChI is InChI=1S/C11H20N4O3/c1-7(2)6-18-13-9(4)11(14-17)8(3)12-15(5)10(11)16/h7,14,17H,6H2,1-5H3/b13-9+. The molecule has 0 aromatic heterocycles. The van der Waals surface area contributed by atoms with Crippen LogP contribution >= 0.6 is 0 Å². The average molecular weight is 256 g/mol. The third-order valence-corrected chi connectivity index (χ3v) is 2.78. The molecule has 7 nitrogen and oxygen atoms in total. The van der Waals surface area contributed by atoms with Crippen molar-refractivity contribution < 1.29 is 14.8 Å². The Morgan fingerprint density at radius 1 is 1.67 bits per heavy atom. The van der Waals surface area contributed by atoms with Crippen LogP contribution in [-0.4, -0.2) is 46.7 Å². The van der Waals surface area contributed by atoms with Gasteiger partial charge in [0.15, 0.2) is 0 Å². The van der Waals surface area contributed by atoms with Crippen molar-refractivity contribution in [1.82, 2.24) is 10.5 Å². The summed E-state index contributed by atoms with van der Waals surface area (Å²) in [6.45, 7) is 7.68. The fraction of sp³-hybridized carbons (Fsp3) is 0.727. The lowest BCUT2D eigenvalue weighted by atomic mass is 9.90. The maximum absolute atomic E-state index is 12.1. The molecular formula is C11H20N4O3. The van der Waals surface area contributed by atoms with E-state index in [2.05, 4.69) is 10.3 Å². The normalized spacial score (nSPS) is 24.8. The maximum Gasteiger partial charge on any atom is 0.276 e. The molecule has 0 radical (unpaired) electrons. The van der Waals surface area contributed by atoms with Gasteiger partial charge in [-0.1, -0.05) is 19.0 Å². The molecule has 0 bridgehead atoms. The number of likely N-dealkylation sites (N-methyl/N-ethyl adjacent to an activating group) is 1. The van der Waals surface area contributed by atoms with Gasteiger partial charge >= 0.3 is 0 Å². The lowest BCUT2D eigenvalue weighted by Gasteiger charge is -2.25. The summed E-state index contributed by atoms with van der Waals surface area (Å²) in [7, 11) is 1.52. The lowest BCUT2D eigenvalue weighted by Crippen LogP contribution is -2.60. The summed E-state index contributed by atoms with van der Waals surface area (Å²) in [6, 6.07) is 0. The molecule has 1 rings (SSSR count). The molecule has 1 aliphatic rings. The van der Waals surface area contributed by atoms with Crippen LogP contribution in [0.2, 0.25) is 0 Å². The molecule has 1 heterocycles. The summed E-state index contributed by atoms with van der Waals surface area (Å²) < 4.78 is 0. The van der Waals surface area contributed by atoms with Crippen LogP contribution in [0.1, 0.15) is 27.7 Å². The zero-order valence-electron chi connectivity index (χ0n) is 11.4. The second-order valence-corrected chi connectivity index (χ2v) is 4.74. The van der Waals surface area contributed by atoms with Gasteiger partial charge in [0.05, 0.1) is 11.4 Å². The van der Waals surface area contributed by atoms with E-state index in [0.29, 0.717) is 23.9 Å². The van der Waals surface area contributed by atoms with Gasteiger partial charge in [0.25, 0.3) is 5.91 Å². The van der Waals surface area contributed by atoms with Crippen LogP contribution in [0.4, 0.5) is 0 Å². The van der Waals surface area contributed by atoms with Crippen LogP contribution in [0.5, 0.6) is 0 Å². The number of rotatable bonds is 5. The Labute approximate surface area is 106 Å². The first-order valence-corrected chi connectivity index (χ1v) is 5.78. The number of nitrogens with one attached hydrogen (secondary N) is 1. The van der Waals surface area contributed by atoms with Crippen molar-refractivity contribution in [2.45, 2.75) is 33.2 Å². The van der Waals surface area contributed by atoms with Gasteiger partial charge in [-0.25, -0.2) is 5.01 Å². The van der Waals surface area contributed by atoms with Crippen LogP contribution in [0.15, 0.2) is 10.3 Å². The van der Waals surface area contributed by atoms with Crippen molar-refractivity contribution in [2.24, 2.45) is 16.2 Å². The molecule has 2 N–H and O–H groups in total. The number of hydroxylamine groups is 1. The molecule has 0 aromatic carbocycles. The van der Waals surface area contributed by atoms with Gasteiger partial charge in [0.2, 0.25) is 5.54 Å². The molecule has 0 spiro atoms. The van der Waals surface area contributed by atoms with E-state index < -0.39 is 11.4 Å². The van der Waals surface area contributed by atoms with Crippen molar-refractivity contribution in [2.75, 3.05) is 13.7 Å². The maximum atomic E-state index is 12.1. The van der Waals surface area contributed by atoms with Crippen molar-refractivity contribution in [3.8, 4) is 0 Å². The van der Waals surface area contributed by atoms with E-state index in [9.17, 15) is 10.0 Å². The van der Waals surface area contributed by atoms with Crippen molar-refractivity contribution in [1.29, 1.82) is 0 Å². The number of hydrazone groups is 1. The summed E-state index contributed by atoms with van der Waals surface area (Å²) in [5.41, 5.74) is 1.35. The highest BCUT2D eigenvalue weighted by atomic mass is 16.6. The Morgan fingerprint density at radius 2 is 2.28 bits per heavy atom. The third-order valence-electron chi connectivity index (χ3n) is 2.78. The van der Waals surface area contributed by atoms with Gasteiger partial charge < -0.3 is 10.0 Å². The summed E-state index contributed by atoms with van der Waals surface area (Å²) in [5.74, 6) is -0.0619. The fourth-order valence-corrected chi connectivity index (χ4v) is 1.72. The summed E-state index contributed by atoms with van der Waals surface area (Å²) in [4.78, 5) is 17.2. The van der Waals surface area contributed by atoms with E-state index in [-0.39, 0.29) is 0 Å². The van der Waals surface area contributed by atoms with E-state index >= 15 is 0 Å². The SMILES string of the molecule is CC1=NN(C)C(=O)C1(NO)/C(C)=N/OCC(C)C. The van der Waals surface area contributed by atoms with E-state index in [1.54, 1.807) is 13.8 Å². The van der Waals surface area contributed by atoms with Gasteiger partial charge in [0.1, 0.15) is 6.61 Å². The number of nitrogens with zero attached hydrogens (tertiary/aromatic N) is 3. The van der Waals surface area contributed by atoms with Gasteiger partial charge in [-0.05, 0) is 19.8 Å². The molecule has 1 aliphatic heterocycles. The fourth-order valence-electron chi connectivity index (χ4n) is 1.72. The monoisotopic (exact) mass is 256 g/mol. The first-order chi connectivity index (χ1) is 8.36. The molecule has 102 valence electrons. The van der Waals surface area contributed by atoms with Crippen LogP contribution in [0.25, 0.3) is 0 Å². The summed E-state index contributed by atoms with van der Waals surface area (Å²) >= 11 is 0. The number of oxime groups is 1. The lowest BCUT2D eigenvalue weighted by molar-refractivity contribution is -0.133. The van der Waals surface area contributed by atoms with Gasteiger partial charge in [0, 0.05) is 7.05 Å². The predicted octanol–water partition coefficient (Wildman–Crippen LogP) is 0.600. The molecule has 7 heteroatoms. The highest BCUT2D eigenvalue weighted by Gasteiger charge is 2.51. The molecular weight excluding hydrogens is 236 g/mol. The summed E-state index contributed by atoms with van der Waals surface area (Å²) in [5, 5.41) is 18.4. The average Bonchev–Trinajstić information content (AvgIpc) is 2.50. The first kappa shape index (κ1) is 14.6. The molecule has 0 aromatic rings. The first-order valence-electron chi connectivity index (χ1n) is 5.78. The smallest absolute Gasteiger partial charge is 0.276 e. The second-order valence-electron chi connectivity index (χ2n) is 4.74. The number of amides is 1. The molecule has 0 aliphatic carbocycles. The van der Waals surface area contributed by atoms with Crippen LogP contribution in [-0.2, 0) is 9.63 Å². The number of carbonyl (C=O) groups is 1. The summed E-state index contributed by atoms with van der Waals surface area (Å²) in [6.07, 6.45) is 0. The molecule has 0 saturated carbocycles. The van der Waals surface area contributed by atoms with Crippen molar-refractivity contribution in [3.05, 3.63) is 0 Å². The number of hydrogen-bond donors (Lipinski definition) is 2. The van der Waals surface area contributed by atoms with Crippen molar-refractivity contribution in [3.63, 3.8) is 0 Å². The van der Waals surface area contributed by atoms with E-state index in [0.717, 1.165) is 0 Å². The Bertz CT molecular complexity index is 392. The van der Waals surface area contributed by atoms with Crippen molar-refractivity contribution >= 4 is 17.3 Å². The topological polar surface area (TPSA) is 86.5 Å². The largest absolute Gasteiger partial charge is 0.396 e. The predicted molar refractivity (Wildman–Crippen MR) is 67.4 cm³/mol. The van der Waals surface area contributed by atoms with Crippen LogP contribution in [0.3, 0.4) is 0 Å². The Hall–Kier alpha value is -1.47. The van der Waals surface area contributed by atoms with Gasteiger partial charge in [-0.2, -0.15) is 10.6 Å². The molecule has 1 amide bonds. The van der Waals surface area contributed by atoms with E-state index in [1.165, 1.54) is 12.1 Å². The highest BCUT2D eigenvalue weighted by Crippen LogP contribution is 2.21. The molecule has 18 heavy (non-hydrogen) atoms. The zero-order chi connectivity index (χ0) is 13.9. The number of carbonyl (C=O) groups excluding carboxylic acids is 1. The minimum atomic E-state index is -1.41. The second kappa shape index (κ2) is 5.45. The zero-order valence-corrected chi connectivity index (χ0v) is 11.4. The number of hydrogen-bond acceptors (Lipinski definition) is 6. The molecule has 1 unspecified atom stereocenters. The molecule has 0 fully saturated rings. The van der Waals surface area contributed by atoms with Gasteiger partial charge in [-0.15, -0.1) is 0 Å². The quantitative estimate of drug-likeness (QED) is 0.557. The Kier molecular flexibility index (Phi) is 4.42.